The van der Waals surface area contributed by atoms with E-state index in [0.29, 0.717) is 0 Å². The summed E-state index contributed by atoms with van der Waals surface area (Å²) in [6, 6.07) is 67.2. The molecule has 0 spiro atoms. The summed E-state index contributed by atoms with van der Waals surface area (Å²) < 4.78 is 2.36. The number of para-hydroxylation sites is 1. The van der Waals surface area contributed by atoms with Gasteiger partial charge >= 0.3 is 0 Å². The summed E-state index contributed by atoms with van der Waals surface area (Å²) in [7, 11) is -2.75. The molecule has 0 radical (unpaired) electrons. The fraction of sp³-hybridized carbons (Fsp3) is 0.0444. The fourth-order valence-corrected chi connectivity index (χ4v) is 12.6. The highest BCUT2D eigenvalue weighted by molar-refractivity contribution is 7.20. The van der Waals surface area contributed by atoms with Crippen LogP contribution in [0.1, 0.15) is 11.4 Å². The number of hydrogen-bond donors (Lipinski definition) is 0. The van der Waals surface area contributed by atoms with Crippen LogP contribution in [0.2, 0.25) is 0 Å². The summed E-state index contributed by atoms with van der Waals surface area (Å²) in [5.41, 5.74) is 9.75. The minimum Gasteiger partial charge on any atom is -0.296 e. The van der Waals surface area contributed by atoms with Crippen LogP contribution in [-0.4, -0.2) is 17.6 Å². The van der Waals surface area contributed by atoms with E-state index in [9.17, 15) is 0 Å². The van der Waals surface area contributed by atoms with Crippen LogP contribution in [0.15, 0.2) is 182 Å². The van der Waals surface area contributed by atoms with E-state index in [1.54, 1.807) is 0 Å². The average molecular weight is 631 g/mol. The van der Waals surface area contributed by atoms with Gasteiger partial charge in [-0.2, -0.15) is 0 Å². The highest BCUT2D eigenvalue weighted by Crippen LogP contribution is 2.32. The minimum absolute atomic E-state index is 0.959. The van der Waals surface area contributed by atoms with Gasteiger partial charge in [0.2, 0.25) is 0 Å². The first kappa shape index (κ1) is 28.4. The lowest BCUT2D eigenvalue weighted by molar-refractivity contribution is 0.789. The van der Waals surface area contributed by atoms with Gasteiger partial charge in [0.05, 0.1) is 16.7 Å². The SMILES string of the molecule is c1ccc(-c2cccc([Si](c3ccccc3)(c3ccccc3)c3cccc(-c4ccc5c(c4)nc4n5-c5ccccc5CC4)c3)c2)cc1. The largest absolute Gasteiger partial charge is 0.296 e. The van der Waals surface area contributed by atoms with Gasteiger partial charge in [0.15, 0.2) is 8.07 Å². The Kier molecular flexibility index (Phi) is 6.99. The Balaban J connectivity index is 1.25. The summed E-state index contributed by atoms with van der Waals surface area (Å²) in [5.74, 6) is 1.15. The van der Waals surface area contributed by atoms with Crippen LogP contribution in [0.4, 0.5) is 0 Å². The molecule has 0 unspecified atom stereocenters. The van der Waals surface area contributed by atoms with Crippen molar-refractivity contribution in [3.05, 3.63) is 193 Å². The molecule has 0 amide bonds. The van der Waals surface area contributed by atoms with Crippen LogP contribution in [0, 0.1) is 0 Å². The van der Waals surface area contributed by atoms with Gasteiger partial charge in [-0.25, -0.2) is 4.98 Å². The Hall–Kier alpha value is -5.77. The molecule has 0 aliphatic carbocycles. The Morgan fingerprint density at radius 1 is 0.417 bits per heavy atom. The van der Waals surface area contributed by atoms with E-state index >= 15 is 0 Å². The molecule has 0 N–H and O–H groups in total. The maximum absolute atomic E-state index is 5.16. The standard InChI is InChI=1S/C45H34N2Si/c1-4-14-33(15-5-1)35-17-12-23-40(30-35)48(38-19-6-2-7-20-38,39-21-8-3-9-22-39)41-24-13-18-36(31-41)37-26-28-44-42(32-37)46-45-29-27-34-16-10-11-25-43(34)47(44)45/h1-26,28,30-32H,27,29H2. The first-order valence-corrected chi connectivity index (χ1v) is 18.8. The summed E-state index contributed by atoms with van der Waals surface area (Å²) in [6.07, 6.45) is 1.99. The number of imidazole rings is 1. The lowest BCUT2D eigenvalue weighted by Gasteiger charge is -2.35. The normalized spacial score (nSPS) is 12.4. The van der Waals surface area contributed by atoms with E-state index in [1.807, 2.05) is 0 Å². The van der Waals surface area contributed by atoms with Crippen molar-refractivity contribution in [3.63, 3.8) is 0 Å². The molecule has 2 heterocycles. The zero-order chi connectivity index (χ0) is 31.9. The molecule has 1 aliphatic rings. The van der Waals surface area contributed by atoms with Crippen molar-refractivity contribution in [1.29, 1.82) is 0 Å². The molecule has 0 saturated carbocycles. The summed E-state index contributed by atoms with van der Waals surface area (Å²) in [4.78, 5) is 5.16. The van der Waals surface area contributed by atoms with Crippen molar-refractivity contribution >= 4 is 39.9 Å². The van der Waals surface area contributed by atoms with Gasteiger partial charge < -0.3 is 0 Å². The molecule has 1 aliphatic heterocycles. The van der Waals surface area contributed by atoms with Gasteiger partial charge in [-0.1, -0.05) is 164 Å². The Bertz CT molecular complexity index is 2350. The number of rotatable bonds is 6. The molecule has 48 heavy (non-hydrogen) atoms. The monoisotopic (exact) mass is 630 g/mol. The molecular weight excluding hydrogens is 597 g/mol. The highest BCUT2D eigenvalue weighted by Gasteiger charge is 2.41. The van der Waals surface area contributed by atoms with Gasteiger partial charge in [0.25, 0.3) is 0 Å². The van der Waals surface area contributed by atoms with E-state index in [0.717, 1.165) is 24.2 Å². The predicted molar refractivity (Wildman–Crippen MR) is 203 cm³/mol. The lowest BCUT2D eigenvalue weighted by atomic mass is 10.0. The molecule has 2 nitrogen and oxygen atoms in total. The van der Waals surface area contributed by atoms with Crippen molar-refractivity contribution in [2.24, 2.45) is 0 Å². The average Bonchev–Trinajstić information content (AvgIpc) is 3.55. The van der Waals surface area contributed by atoms with Crippen molar-refractivity contribution in [1.82, 2.24) is 9.55 Å². The molecular formula is C45H34N2Si. The summed E-state index contributed by atoms with van der Waals surface area (Å²) in [6.45, 7) is 0. The highest BCUT2D eigenvalue weighted by atomic mass is 28.3. The molecule has 228 valence electrons. The van der Waals surface area contributed by atoms with Gasteiger partial charge in [-0.15, -0.1) is 0 Å². The third kappa shape index (κ3) is 4.66. The minimum atomic E-state index is -2.75. The van der Waals surface area contributed by atoms with E-state index < -0.39 is 8.07 Å². The Morgan fingerprint density at radius 2 is 0.938 bits per heavy atom. The molecule has 0 bridgehead atoms. The lowest BCUT2D eigenvalue weighted by Crippen LogP contribution is -2.74. The van der Waals surface area contributed by atoms with E-state index in [4.69, 9.17) is 4.98 Å². The topological polar surface area (TPSA) is 17.8 Å². The molecule has 7 aromatic carbocycles. The number of fused-ring (bicyclic) bond motifs is 5. The molecule has 0 atom stereocenters. The van der Waals surface area contributed by atoms with Gasteiger partial charge in [-0.05, 0) is 73.2 Å². The maximum atomic E-state index is 5.16. The zero-order valence-electron chi connectivity index (χ0n) is 26.6. The number of nitrogens with zero attached hydrogens (tertiary/aromatic N) is 2. The predicted octanol–water partition coefficient (Wildman–Crippen LogP) is 7.84. The number of aromatic nitrogens is 2. The molecule has 9 rings (SSSR count). The Morgan fingerprint density at radius 3 is 1.60 bits per heavy atom. The van der Waals surface area contributed by atoms with Crippen LogP contribution in [0.3, 0.4) is 0 Å². The number of benzene rings is 7. The first-order chi connectivity index (χ1) is 23.8. The Labute approximate surface area is 282 Å². The molecule has 1 aromatic heterocycles. The first-order valence-electron chi connectivity index (χ1n) is 16.8. The summed E-state index contributed by atoms with van der Waals surface area (Å²) >= 11 is 0. The number of aryl methyl sites for hydroxylation is 2. The second kappa shape index (κ2) is 11.8. The van der Waals surface area contributed by atoms with Crippen molar-refractivity contribution in [2.75, 3.05) is 0 Å². The van der Waals surface area contributed by atoms with Crippen LogP contribution in [-0.2, 0) is 12.8 Å². The zero-order valence-corrected chi connectivity index (χ0v) is 27.6. The maximum Gasteiger partial charge on any atom is 0.179 e. The molecule has 0 saturated heterocycles. The quantitative estimate of drug-likeness (QED) is 0.135. The van der Waals surface area contributed by atoms with E-state index in [1.165, 1.54) is 59.8 Å². The molecule has 0 fully saturated rings. The molecule has 8 aromatic rings. The van der Waals surface area contributed by atoms with Crippen LogP contribution in [0.25, 0.3) is 39.0 Å². The van der Waals surface area contributed by atoms with E-state index in [-0.39, 0.29) is 0 Å². The van der Waals surface area contributed by atoms with Gasteiger partial charge in [0, 0.05) is 6.42 Å². The van der Waals surface area contributed by atoms with Crippen molar-refractivity contribution in [2.45, 2.75) is 12.8 Å². The second-order valence-electron chi connectivity index (χ2n) is 12.7. The third-order valence-electron chi connectivity index (χ3n) is 10.0. The van der Waals surface area contributed by atoms with Crippen molar-refractivity contribution in [3.8, 4) is 27.9 Å². The second-order valence-corrected chi connectivity index (χ2v) is 16.5. The van der Waals surface area contributed by atoms with Crippen LogP contribution in [0.5, 0.6) is 0 Å². The third-order valence-corrected chi connectivity index (χ3v) is 14.8. The molecule has 3 heteroatoms. The van der Waals surface area contributed by atoms with Gasteiger partial charge in [-0.3, -0.25) is 4.57 Å². The fourth-order valence-electron chi connectivity index (χ4n) is 7.80. The smallest absolute Gasteiger partial charge is 0.179 e. The number of hydrogen-bond acceptors (Lipinski definition) is 1. The van der Waals surface area contributed by atoms with Crippen LogP contribution >= 0.6 is 0 Å². The summed E-state index contributed by atoms with van der Waals surface area (Å²) in [5, 5.41) is 5.47. The van der Waals surface area contributed by atoms with Gasteiger partial charge in [0.1, 0.15) is 5.82 Å². The van der Waals surface area contributed by atoms with Crippen LogP contribution < -0.4 is 20.7 Å². The van der Waals surface area contributed by atoms with E-state index in [2.05, 4.69) is 187 Å². The van der Waals surface area contributed by atoms with Crippen molar-refractivity contribution < 1.29 is 0 Å².